The summed E-state index contributed by atoms with van der Waals surface area (Å²) in [6.45, 7) is 2.85. The fourth-order valence-corrected chi connectivity index (χ4v) is 4.07. The number of aromatic nitrogens is 2. The van der Waals surface area contributed by atoms with E-state index < -0.39 is 0 Å². The SMILES string of the molecule is CCCCOc1ccc(-c2nn(-c3ccccc3)cc2C=C2SC(=S)NC2=O)cc1. The molecule has 2 heterocycles. The van der Waals surface area contributed by atoms with Crippen molar-refractivity contribution in [3.8, 4) is 22.7 Å². The summed E-state index contributed by atoms with van der Waals surface area (Å²) >= 11 is 6.38. The molecule has 7 heteroatoms. The van der Waals surface area contributed by atoms with E-state index in [-0.39, 0.29) is 5.91 Å². The van der Waals surface area contributed by atoms with Crippen molar-refractivity contribution < 1.29 is 9.53 Å². The monoisotopic (exact) mass is 435 g/mol. The molecule has 4 rings (SSSR count). The minimum atomic E-state index is -0.178. The lowest BCUT2D eigenvalue weighted by atomic mass is 10.1. The molecule has 0 atom stereocenters. The molecule has 1 aromatic heterocycles. The maximum atomic E-state index is 12.2. The number of hydrogen-bond acceptors (Lipinski definition) is 5. The Labute approximate surface area is 185 Å². The number of benzene rings is 2. The zero-order valence-electron chi connectivity index (χ0n) is 16.5. The molecule has 152 valence electrons. The molecule has 0 radical (unpaired) electrons. The number of carbonyl (C=O) groups is 1. The molecule has 0 spiro atoms. The van der Waals surface area contributed by atoms with Gasteiger partial charge in [-0.1, -0.05) is 55.5 Å². The minimum Gasteiger partial charge on any atom is -0.494 e. The largest absolute Gasteiger partial charge is 0.494 e. The number of para-hydroxylation sites is 1. The van der Waals surface area contributed by atoms with Gasteiger partial charge in [-0.15, -0.1) is 0 Å². The molecule has 1 saturated heterocycles. The van der Waals surface area contributed by atoms with Crippen LogP contribution in [-0.2, 0) is 4.79 Å². The number of unbranched alkanes of at least 4 members (excludes halogenated alkanes) is 1. The van der Waals surface area contributed by atoms with E-state index in [1.54, 1.807) is 0 Å². The second-order valence-corrected chi connectivity index (χ2v) is 8.51. The van der Waals surface area contributed by atoms with E-state index >= 15 is 0 Å². The van der Waals surface area contributed by atoms with Crippen LogP contribution in [0.15, 0.2) is 65.7 Å². The van der Waals surface area contributed by atoms with Crippen LogP contribution in [0, 0.1) is 0 Å². The van der Waals surface area contributed by atoms with Crippen molar-refractivity contribution >= 4 is 40.3 Å². The number of thiocarbonyl (C=S) groups is 1. The highest BCUT2D eigenvalue weighted by molar-refractivity contribution is 8.26. The van der Waals surface area contributed by atoms with Crippen molar-refractivity contribution in [1.29, 1.82) is 0 Å². The second-order valence-electron chi connectivity index (χ2n) is 6.79. The molecular formula is C23H21N3O2S2. The number of nitrogens with zero attached hydrogens (tertiary/aromatic N) is 2. The predicted molar refractivity (Wildman–Crippen MR) is 126 cm³/mol. The fourth-order valence-electron chi connectivity index (χ4n) is 3.04. The third kappa shape index (κ3) is 4.63. The molecule has 1 N–H and O–H groups in total. The molecule has 0 aliphatic carbocycles. The van der Waals surface area contributed by atoms with Crippen LogP contribution in [0.1, 0.15) is 25.3 Å². The molecular weight excluding hydrogens is 414 g/mol. The van der Waals surface area contributed by atoms with Crippen molar-refractivity contribution in [3.63, 3.8) is 0 Å². The van der Waals surface area contributed by atoms with Gasteiger partial charge < -0.3 is 10.1 Å². The molecule has 3 aromatic rings. The lowest BCUT2D eigenvalue weighted by molar-refractivity contribution is -0.115. The molecule has 2 aromatic carbocycles. The summed E-state index contributed by atoms with van der Waals surface area (Å²) in [5, 5.41) is 7.46. The normalized spacial score (nSPS) is 14.9. The van der Waals surface area contributed by atoms with Gasteiger partial charge in [-0.2, -0.15) is 5.10 Å². The highest BCUT2D eigenvalue weighted by Crippen LogP contribution is 2.31. The molecule has 1 fully saturated rings. The van der Waals surface area contributed by atoms with E-state index in [1.165, 1.54) is 11.8 Å². The van der Waals surface area contributed by atoms with Crippen LogP contribution in [0.2, 0.25) is 0 Å². The van der Waals surface area contributed by atoms with Gasteiger partial charge in [0.15, 0.2) is 0 Å². The number of nitrogens with one attached hydrogen (secondary N) is 1. The first-order valence-corrected chi connectivity index (χ1v) is 11.0. The average Bonchev–Trinajstić information content (AvgIpc) is 3.32. The molecule has 1 aliphatic heterocycles. The third-order valence-electron chi connectivity index (χ3n) is 4.59. The van der Waals surface area contributed by atoms with E-state index in [4.69, 9.17) is 22.1 Å². The molecule has 1 aliphatic rings. The highest BCUT2D eigenvalue weighted by atomic mass is 32.2. The van der Waals surface area contributed by atoms with Crippen LogP contribution in [0.25, 0.3) is 23.0 Å². The second kappa shape index (κ2) is 9.28. The van der Waals surface area contributed by atoms with Gasteiger partial charge in [0.1, 0.15) is 10.1 Å². The summed E-state index contributed by atoms with van der Waals surface area (Å²) < 4.78 is 8.06. The van der Waals surface area contributed by atoms with Crippen molar-refractivity contribution in [2.24, 2.45) is 0 Å². The minimum absolute atomic E-state index is 0.178. The van der Waals surface area contributed by atoms with Gasteiger partial charge in [0.05, 0.1) is 22.9 Å². The maximum Gasteiger partial charge on any atom is 0.263 e. The number of carbonyl (C=O) groups excluding carboxylic acids is 1. The third-order valence-corrected chi connectivity index (χ3v) is 5.75. The van der Waals surface area contributed by atoms with Gasteiger partial charge >= 0.3 is 0 Å². The molecule has 0 unspecified atom stereocenters. The van der Waals surface area contributed by atoms with E-state index in [1.807, 2.05) is 71.6 Å². The number of amides is 1. The van der Waals surface area contributed by atoms with Crippen LogP contribution in [0.4, 0.5) is 0 Å². The van der Waals surface area contributed by atoms with Crippen LogP contribution < -0.4 is 10.1 Å². The van der Waals surface area contributed by atoms with E-state index in [0.717, 1.165) is 41.1 Å². The number of hydrogen-bond donors (Lipinski definition) is 1. The van der Waals surface area contributed by atoms with Gasteiger partial charge in [-0.05, 0) is 48.9 Å². The van der Waals surface area contributed by atoms with Crippen LogP contribution in [0.3, 0.4) is 0 Å². The number of ether oxygens (including phenoxy) is 1. The van der Waals surface area contributed by atoms with Crippen molar-refractivity contribution in [2.45, 2.75) is 19.8 Å². The Morgan fingerprint density at radius 3 is 2.60 bits per heavy atom. The molecule has 1 amide bonds. The predicted octanol–water partition coefficient (Wildman–Crippen LogP) is 5.21. The summed E-state index contributed by atoms with van der Waals surface area (Å²) in [6.07, 6.45) is 5.90. The first-order valence-electron chi connectivity index (χ1n) is 9.77. The van der Waals surface area contributed by atoms with Gasteiger partial charge in [0.25, 0.3) is 5.91 Å². The average molecular weight is 436 g/mol. The first-order chi connectivity index (χ1) is 14.6. The molecule has 5 nitrogen and oxygen atoms in total. The van der Waals surface area contributed by atoms with Crippen molar-refractivity contribution in [2.75, 3.05) is 6.61 Å². The highest BCUT2D eigenvalue weighted by Gasteiger charge is 2.23. The first kappa shape index (κ1) is 20.4. The Bertz CT molecular complexity index is 1090. The van der Waals surface area contributed by atoms with Crippen LogP contribution >= 0.6 is 24.0 Å². The zero-order valence-corrected chi connectivity index (χ0v) is 18.1. The van der Waals surface area contributed by atoms with E-state index in [9.17, 15) is 4.79 Å². The lowest BCUT2D eigenvalue weighted by Gasteiger charge is -2.06. The zero-order chi connectivity index (χ0) is 20.9. The number of thioether (sulfide) groups is 1. The summed E-state index contributed by atoms with van der Waals surface area (Å²) in [5.74, 6) is 0.661. The summed E-state index contributed by atoms with van der Waals surface area (Å²) in [7, 11) is 0. The molecule has 30 heavy (non-hydrogen) atoms. The smallest absolute Gasteiger partial charge is 0.263 e. The topological polar surface area (TPSA) is 56.1 Å². The quantitative estimate of drug-likeness (QED) is 0.314. The standard InChI is InChI=1S/C23H21N3O2S2/c1-2-3-13-28-19-11-9-16(10-12-19)21-17(14-20-22(27)24-23(29)30-20)15-26(25-21)18-7-5-4-6-8-18/h4-12,14-15H,2-3,13H2,1H3,(H,24,27,29). The Balaban J connectivity index is 1.70. The van der Waals surface area contributed by atoms with Gasteiger partial charge in [-0.3, -0.25) is 4.79 Å². The summed E-state index contributed by atoms with van der Waals surface area (Å²) in [5.41, 5.74) is 3.53. The summed E-state index contributed by atoms with van der Waals surface area (Å²) in [4.78, 5) is 12.7. The molecule has 0 saturated carbocycles. The number of rotatable bonds is 7. The van der Waals surface area contributed by atoms with E-state index in [2.05, 4.69) is 12.2 Å². The van der Waals surface area contributed by atoms with Crippen LogP contribution in [0.5, 0.6) is 5.75 Å². The summed E-state index contributed by atoms with van der Waals surface area (Å²) in [6, 6.07) is 17.8. The van der Waals surface area contributed by atoms with Crippen molar-refractivity contribution in [3.05, 3.63) is 71.3 Å². The molecule has 0 bridgehead atoms. The Kier molecular flexibility index (Phi) is 6.30. The van der Waals surface area contributed by atoms with Crippen molar-refractivity contribution in [1.82, 2.24) is 15.1 Å². The van der Waals surface area contributed by atoms with Gasteiger partial charge in [-0.25, -0.2) is 4.68 Å². The fraction of sp³-hybridized carbons (Fsp3) is 0.174. The van der Waals surface area contributed by atoms with E-state index in [0.29, 0.717) is 15.8 Å². The lowest BCUT2D eigenvalue weighted by Crippen LogP contribution is -2.17. The van der Waals surface area contributed by atoms with Gasteiger partial charge in [0.2, 0.25) is 0 Å². The Morgan fingerprint density at radius 1 is 1.17 bits per heavy atom. The maximum absolute atomic E-state index is 12.2. The Hall–Kier alpha value is -2.90. The van der Waals surface area contributed by atoms with Gasteiger partial charge in [0, 0.05) is 17.3 Å². The van der Waals surface area contributed by atoms with Crippen LogP contribution in [-0.4, -0.2) is 26.6 Å². The Morgan fingerprint density at radius 2 is 1.93 bits per heavy atom.